The minimum Gasteiger partial charge on any atom is -0.360 e. The number of carbonyl (C=O) groups excluding carboxylic acids is 1. The largest absolute Gasteiger partial charge is 0.360 e. The number of halogens is 1. The topological polar surface area (TPSA) is 83.7 Å². The molecule has 1 aromatic heterocycles. The van der Waals surface area contributed by atoms with Crippen molar-refractivity contribution < 1.29 is 22.1 Å². The van der Waals surface area contributed by atoms with Gasteiger partial charge in [0.2, 0.25) is 10.0 Å². The molecule has 9 heteroatoms. The number of benzene rings is 2. The molecule has 0 spiro atoms. The van der Waals surface area contributed by atoms with Gasteiger partial charge in [-0.25, -0.2) is 12.8 Å². The fourth-order valence-electron chi connectivity index (χ4n) is 3.67. The maximum atomic E-state index is 13.3. The number of hydrogen-bond donors (Lipinski definition) is 0. The molecule has 162 valence electrons. The number of aromatic nitrogens is 1. The summed E-state index contributed by atoms with van der Waals surface area (Å²) in [5.74, 6) is -0.313. The Morgan fingerprint density at radius 2 is 1.71 bits per heavy atom. The zero-order chi connectivity index (χ0) is 22.0. The molecule has 2 aromatic carbocycles. The first-order valence-corrected chi connectivity index (χ1v) is 11.4. The highest BCUT2D eigenvalue weighted by atomic mass is 32.2. The summed E-state index contributed by atoms with van der Waals surface area (Å²) in [5.41, 5.74) is 1.64. The van der Waals surface area contributed by atoms with Gasteiger partial charge in [0.25, 0.3) is 5.91 Å². The van der Waals surface area contributed by atoms with Crippen molar-refractivity contribution in [3.8, 4) is 11.3 Å². The number of carbonyl (C=O) groups is 1. The van der Waals surface area contributed by atoms with E-state index in [1.54, 1.807) is 11.8 Å². The van der Waals surface area contributed by atoms with Crippen molar-refractivity contribution >= 4 is 15.9 Å². The Balaban J connectivity index is 1.54. The monoisotopic (exact) mass is 443 g/mol. The zero-order valence-electron chi connectivity index (χ0n) is 17.0. The predicted molar refractivity (Wildman–Crippen MR) is 112 cm³/mol. The molecule has 0 aliphatic carbocycles. The molecule has 0 atom stereocenters. The molecule has 3 aromatic rings. The van der Waals surface area contributed by atoms with Crippen LogP contribution in [0.2, 0.25) is 0 Å². The van der Waals surface area contributed by atoms with Crippen LogP contribution in [0.4, 0.5) is 4.39 Å². The molecule has 1 aliphatic heterocycles. The smallest absolute Gasteiger partial charge is 0.259 e. The van der Waals surface area contributed by atoms with E-state index in [-0.39, 0.29) is 30.4 Å². The highest BCUT2D eigenvalue weighted by Gasteiger charge is 2.31. The molecule has 0 unspecified atom stereocenters. The lowest BCUT2D eigenvalue weighted by Crippen LogP contribution is -2.37. The van der Waals surface area contributed by atoms with E-state index in [1.807, 2.05) is 30.3 Å². The van der Waals surface area contributed by atoms with E-state index in [1.165, 1.54) is 16.4 Å². The molecule has 1 aliphatic rings. The highest BCUT2D eigenvalue weighted by Crippen LogP contribution is 2.27. The minimum absolute atomic E-state index is 0.0370. The van der Waals surface area contributed by atoms with Gasteiger partial charge in [-0.2, -0.15) is 4.31 Å². The van der Waals surface area contributed by atoms with Gasteiger partial charge in [-0.3, -0.25) is 4.79 Å². The van der Waals surface area contributed by atoms with Crippen LogP contribution in [0.15, 0.2) is 64.0 Å². The Labute approximate surface area is 180 Å². The number of nitrogens with zero attached hydrogens (tertiary/aromatic N) is 3. The lowest BCUT2D eigenvalue weighted by Gasteiger charge is -2.22. The Morgan fingerprint density at radius 1 is 1.00 bits per heavy atom. The molecule has 2 heterocycles. The Hall–Kier alpha value is -3.04. The van der Waals surface area contributed by atoms with E-state index in [2.05, 4.69) is 5.16 Å². The second-order valence-corrected chi connectivity index (χ2v) is 9.27. The second-order valence-electron chi connectivity index (χ2n) is 7.33. The van der Waals surface area contributed by atoms with Gasteiger partial charge in [0.1, 0.15) is 22.8 Å². The fourth-order valence-corrected chi connectivity index (χ4v) is 5.14. The first-order valence-electron chi connectivity index (χ1n) is 9.94. The van der Waals surface area contributed by atoms with E-state index in [9.17, 15) is 17.6 Å². The first kappa shape index (κ1) is 21.2. The molecule has 4 rings (SSSR count). The van der Waals surface area contributed by atoms with Crippen molar-refractivity contribution in [2.75, 3.05) is 26.2 Å². The Bertz CT molecular complexity index is 1180. The molecular weight excluding hydrogens is 421 g/mol. The third kappa shape index (κ3) is 4.24. The van der Waals surface area contributed by atoms with Crippen LogP contribution in [0.5, 0.6) is 0 Å². The van der Waals surface area contributed by atoms with E-state index < -0.39 is 15.8 Å². The molecule has 0 radical (unpaired) electrons. The maximum Gasteiger partial charge on any atom is 0.259 e. The zero-order valence-corrected chi connectivity index (χ0v) is 17.8. The molecule has 0 bridgehead atoms. The average Bonchev–Trinajstić information content (AvgIpc) is 2.98. The minimum atomic E-state index is -3.77. The van der Waals surface area contributed by atoms with Crippen molar-refractivity contribution in [2.24, 2.45) is 0 Å². The number of rotatable bonds is 4. The van der Waals surface area contributed by atoms with Crippen molar-refractivity contribution in [3.05, 3.63) is 71.7 Å². The van der Waals surface area contributed by atoms with E-state index in [4.69, 9.17) is 4.52 Å². The van der Waals surface area contributed by atoms with Gasteiger partial charge in [-0.1, -0.05) is 35.5 Å². The Morgan fingerprint density at radius 3 is 2.42 bits per heavy atom. The quantitative estimate of drug-likeness (QED) is 0.618. The van der Waals surface area contributed by atoms with Crippen LogP contribution in [0.1, 0.15) is 22.5 Å². The summed E-state index contributed by atoms with van der Waals surface area (Å²) in [6.45, 7) is 2.76. The normalized spacial score (nSPS) is 15.6. The molecule has 0 saturated carbocycles. The molecule has 0 N–H and O–H groups in total. The molecule has 1 fully saturated rings. The van der Waals surface area contributed by atoms with Crippen LogP contribution < -0.4 is 0 Å². The first-order chi connectivity index (χ1) is 14.9. The van der Waals surface area contributed by atoms with Gasteiger partial charge in [0.05, 0.1) is 4.90 Å². The third-order valence-corrected chi connectivity index (χ3v) is 7.23. The number of aryl methyl sites for hydroxylation is 1. The fraction of sp³-hybridized carbons (Fsp3) is 0.273. The summed E-state index contributed by atoms with van der Waals surface area (Å²) in [6, 6.07) is 14.1. The highest BCUT2D eigenvalue weighted by molar-refractivity contribution is 7.89. The van der Waals surface area contributed by atoms with Crippen LogP contribution >= 0.6 is 0 Å². The average molecular weight is 444 g/mol. The lowest BCUT2D eigenvalue weighted by molar-refractivity contribution is 0.0763. The van der Waals surface area contributed by atoms with Gasteiger partial charge in [0, 0.05) is 31.7 Å². The van der Waals surface area contributed by atoms with Crippen LogP contribution in [0.3, 0.4) is 0 Å². The third-order valence-electron chi connectivity index (χ3n) is 5.32. The van der Waals surface area contributed by atoms with Gasteiger partial charge in [0.15, 0.2) is 0 Å². The molecule has 1 saturated heterocycles. The molecular formula is C22H22FN3O4S. The summed E-state index contributed by atoms with van der Waals surface area (Å²) in [7, 11) is -3.77. The SMILES string of the molecule is Cc1onc(-c2ccccc2)c1C(=O)N1CCCN(S(=O)(=O)c2ccc(F)cc2)CC1. The van der Waals surface area contributed by atoms with Crippen molar-refractivity contribution in [3.63, 3.8) is 0 Å². The maximum absolute atomic E-state index is 13.3. The van der Waals surface area contributed by atoms with Gasteiger partial charge >= 0.3 is 0 Å². The van der Waals surface area contributed by atoms with Crippen LogP contribution in [0, 0.1) is 12.7 Å². The van der Waals surface area contributed by atoms with Gasteiger partial charge in [-0.15, -0.1) is 0 Å². The summed E-state index contributed by atoms with van der Waals surface area (Å²) >= 11 is 0. The number of hydrogen-bond acceptors (Lipinski definition) is 5. The molecule has 31 heavy (non-hydrogen) atoms. The summed E-state index contributed by atoms with van der Waals surface area (Å²) in [6.07, 6.45) is 0.483. The van der Waals surface area contributed by atoms with Crippen LogP contribution in [-0.4, -0.2) is 54.9 Å². The standard InChI is InChI=1S/C22H22FN3O4S/c1-16-20(21(24-30-16)17-6-3-2-4-7-17)22(27)25-12-5-13-26(15-14-25)31(28,29)19-10-8-18(23)9-11-19/h2-4,6-11H,5,12-15H2,1H3. The summed E-state index contributed by atoms with van der Waals surface area (Å²) < 4.78 is 45.7. The molecule has 1 amide bonds. The second kappa shape index (κ2) is 8.60. The van der Waals surface area contributed by atoms with Crippen molar-refractivity contribution in [1.82, 2.24) is 14.4 Å². The van der Waals surface area contributed by atoms with Crippen LogP contribution in [-0.2, 0) is 10.0 Å². The van der Waals surface area contributed by atoms with Crippen molar-refractivity contribution in [1.29, 1.82) is 0 Å². The molecule has 7 nitrogen and oxygen atoms in total. The number of sulfonamides is 1. The van der Waals surface area contributed by atoms with E-state index >= 15 is 0 Å². The van der Waals surface area contributed by atoms with E-state index in [0.29, 0.717) is 30.0 Å². The van der Waals surface area contributed by atoms with Crippen molar-refractivity contribution in [2.45, 2.75) is 18.2 Å². The Kier molecular flexibility index (Phi) is 5.88. The van der Waals surface area contributed by atoms with Gasteiger partial charge < -0.3 is 9.42 Å². The van der Waals surface area contributed by atoms with E-state index in [0.717, 1.165) is 17.7 Å². The lowest BCUT2D eigenvalue weighted by atomic mass is 10.1. The van der Waals surface area contributed by atoms with Gasteiger partial charge in [-0.05, 0) is 37.6 Å². The number of amides is 1. The van der Waals surface area contributed by atoms with Crippen LogP contribution in [0.25, 0.3) is 11.3 Å². The predicted octanol–water partition coefficient (Wildman–Crippen LogP) is 3.33. The summed E-state index contributed by atoms with van der Waals surface area (Å²) in [4.78, 5) is 15.0. The summed E-state index contributed by atoms with van der Waals surface area (Å²) in [5, 5.41) is 4.07.